The lowest BCUT2D eigenvalue weighted by molar-refractivity contribution is 0.0204. The van der Waals surface area contributed by atoms with Crippen molar-refractivity contribution >= 4 is 5.91 Å². The van der Waals surface area contributed by atoms with Gasteiger partial charge in [0.1, 0.15) is 0 Å². The van der Waals surface area contributed by atoms with E-state index in [9.17, 15) is 4.79 Å². The highest BCUT2D eigenvalue weighted by molar-refractivity contribution is 5.91. The van der Waals surface area contributed by atoms with Crippen molar-refractivity contribution in [2.45, 2.75) is 13.8 Å². The third-order valence-electron chi connectivity index (χ3n) is 2.29. The summed E-state index contributed by atoms with van der Waals surface area (Å²) in [6.45, 7) is 4.45. The molecule has 0 saturated heterocycles. The number of rotatable bonds is 5. The van der Waals surface area contributed by atoms with Crippen LogP contribution >= 0.6 is 0 Å². The molecular formula is C13H16N4O2. The van der Waals surface area contributed by atoms with Crippen LogP contribution in [0.2, 0.25) is 0 Å². The summed E-state index contributed by atoms with van der Waals surface area (Å²) >= 11 is 0. The summed E-state index contributed by atoms with van der Waals surface area (Å²) in [5.41, 5.74) is 3.35. The van der Waals surface area contributed by atoms with E-state index in [2.05, 4.69) is 15.7 Å². The van der Waals surface area contributed by atoms with Gasteiger partial charge in [-0.15, -0.1) is 5.10 Å². The molecule has 0 bridgehead atoms. The van der Waals surface area contributed by atoms with Crippen molar-refractivity contribution in [3.8, 4) is 5.69 Å². The molecule has 2 rings (SSSR count). The SMILES string of the molecule is CC(C)CONC(=O)c1cnn(-c2ccccc2)n1. The monoisotopic (exact) mass is 260 g/mol. The first-order valence-corrected chi connectivity index (χ1v) is 6.06. The molecule has 1 amide bonds. The van der Waals surface area contributed by atoms with Crippen LogP contribution in [0.1, 0.15) is 24.3 Å². The fourth-order valence-corrected chi connectivity index (χ4v) is 1.38. The molecule has 0 radical (unpaired) electrons. The largest absolute Gasteiger partial charge is 0.297 e. The zero-order valence-corrected chi connectivity index (χ0v) is 10.9. The van der Waals surface area contributed by atoms with Crippen molar-refractivity contribution in [3.63, 3.8) is 0 Å². The zero-order chi connectivity index (χ0) is 13.7. The predicted octanol–water partition coefficient (Wildman–Crippen LogP) is 1.58. The average molecular weight is 260 g/mol. The first-order chi connectivity index (χ1) is 9.16. The highest BCUT2D eigenvalue weighted by Gasteiger charge is 2.11. The second-order valence-electron chi connectivity index (χ2n) is 4.49. The molecule has 0 aliphatic heterocycles. The summed E-state index contributed by atoms with van der Waals surface area (Å²) in [6.07, 6.45) is 1.40. The summed E-state index contributed by atoms with van der Waals surface area (Å²) in [7, 11) is 0. The smallest absolute Gasteiger partial charge is 0.273 e. The van der Waals surface area contributed by atoms with E-state index in [0.29, 0.717) is 12.5 Å². The molecule has 1 aromatic carbocycles. The number of carbonyl (C=O) groups is 1. The van der Waals surface area contributed by atoms with Crippen LogP contribution in [0.5, 0.6) is 0 Å². The Bertz CT molecular complexity index is 537. The number of amides is 1. The van der Waals surface area contributed by atoms with Crippen molar-refractivity contribution in [2.75, 3.05) is 6.61 Å². The Labute approximate surface area is 111 Å². The number of carbonyl (C=O) groups excluding carboxylic acids is 1. The Balaban J connectivity index is 1.99. The number of hydrogen-bond acceptors (Lipinski definition) is 4. The van der Waals surface area contributed by atoms with Gasteiger partial charge in [-0.1, -0.05) is 32.0 Å². The molecule has 0 unspecified atom stereocenters. The minimum Gasteiger partial charge on any atom is -0.273 e. The maximum absolute atomic E-state index is 11.7. The van der Waals surface area contributed by atoms with Gasteiger partial charge < -0.3 is 0 Å². The van der Waals surface area contributed by atoms with E-state index in [1.807, 2.05) is 44.2 Å². The van der Waals surface area contributed by atoms with Gasteiger partial charge in [-0.3, -0.25) is 9.63 Å². The van der Waals surface area contributed by atoms with E-state index in [-0.39, 0.29) is 5.69 Å². The summed E-state index contributed by atoms with van der Waals surface area (Å²) in [6, 6.07) is 9.38. The minimum atomic E-state index is -0.400. The third kappa shape index (κ3) is 3.62. The van der Waals surface area contributed by atoms with E-state index in [1.165, 1.54) is 11.0 Å². The average Bonchev–Trinajstić information content (AvgIpc) is 2.89. The quantitative estimate of drug-likeness (QED) is 0.829. The van der Waals surface area contributed by atoms with Gasteiger partial charge in [-0.05, 0) is 18.1 Å². The number of nitrogens with one attached hydrogen (secondary N) is 1. The molecular weight excluding hydrogens is 244 g/mol. The third-order valence-corrected chi connectivity index (χ3v) is 2.29. The van der Waals surface area contributed by atoms with Crippen LogP contribution in [0.15, 0.2) is 36.5 Å². The number of aromatic nitrogens is 3. The molecule has 1 N–H and O–H groups in total. The predicted molar refractivity (Wildman–Crippen MR) is 69.6 cm³/mol. The lowest BCUT2D eigenvalue weighted by Crippen LogP contribution is -2.26. The molecule has 0 atom stereocenters. The van der Waals surface area contributed by atoms with Crippen molar-refractivity contribution in [1.29, 1.82) is 0 Å². The number of para-hydroxylation sites is 1. The van der Waals surface area contributed by atoms with Gasteiger partial charge in [-0.25, -0.2) is 5.48 Å². The standard InChI is InChI=1S/C13H16N4O2/c1-10(2)9-19-16-13(18)12-8-14-17(15-12)11-6-4-3-5-7-11/h3-8,10H,9H2,1-2H3,(H,16,18). The topological polar surface area (TPSA) is 69.0 Å². The maximum atomic E-state index is 11.7. The summed E-state index contributed by atoms with van der Waals surface area (Å²) in [5.74, 6) is -0.0527. The van der Waals surface area contributed by atoms with Gasteiger partial charge in [0.25, 0.3) is 5.91 Å². The number of hydroxylamine groups is 1. The van der Waals surface area contributed by atoms with E-state index in [1.54, 1.807) is 0 Å². The molecule has 0 spiro atoms. The normalized spacial score (nSPS) is 10.7. The molecule has 1 aromatic heterocycles. The van der Waals surface area contributed by atoms with E-state index < -0.39 is 5.91 Å². The molecule has 0 aliphatic rings. The van der Waals surface area contributed by atoms with Crippen molar-refractivity contribution in [2.24, 2.45) is 5.92 Å². The molecule has 0 saturated carbocycles. The van der Waals surface area contributed by atoms with Gasteiger partial charge in [0, 0.05) is 0 Å². The van der Waals surface area contributed by atoms with Crippen LogP contribution in [-0.2, 0) is 4.84 Å². The fourth-order valence-electron chi connectivity index (χ4n) is 1.38. The van der Waals surface area contributed by atoms with Crippen LogP contribution in [0.3, 0.4) is 0 Å². The molecule has 0 fully saturated rings. The Kier molecular flexibility index (Phi) is 4.25. The summed E-state index contributed by atoms with van der Waals surface area (Å²) in [5, 5.41) is 8.13. The second kappa shape index (κ2) is 6.10. The van der Waals surface area contributed by atoms with Gasteiger partial charge in [-0.2, -0.15) is 9.90 Å². The van der Waals surface area contributed by atoms with E-state index in [0.717, 1.165) is 5.69 Å². The summed E-state index contributed by atoms with van der Waals surface area (Å²) in [4.78, 5) is 18.2. The minimum absolute atomic E-state index is 0.215. The Morgan fingerprint density at radius 3 is 2.79 bits per heavy atom. The van der Waals surface area contributed by atoms with Gasteiger partial charge in [0.05, 0.1) is 18.5 Å². The lowest BCUT2D eigenvalue weighted by Gasteiger charge is -2.05. The van der Waals surface area contributed by atoms with Gasteiger partial charge in [0.15, 0.2) is 5.69 Å². The first-order valence-electron chi connectivity index (χ1n) is 6.06. The zero-order valence-electron chi connectivity index (χ0n) is 10.9. The van der Waals surface area contributed by atoms with E-state index in [4.69, 9.17) is 4.84 Å². The van der Waals surface area contributed by atoms with Crippen molar-refractivity contribution in [1.82, 2.24) is 20.5 Å². The van der Waals surface area contributed by atoms with Crippen molar-refractivity contribution in [3.05, 3.63) is 42.2 Å². The van der Waals surface area contributed by atoms with Gasteiger partial charge >= 0.3 is 0 Å². The highest BCUT2D eigenvalue weighted by Crippen LogP contribution is 2.04. The maximum Gasteiger partial charge on any atom is 0.297 e. The molecule has 100 valence electrons. The number of hydrogen-bond donors (Lipinski definition) is 1. The van der Waals surface area contributed by atoms with Crippen LogP contribution in [-0.4, -0.2) is 27.5 Å². The van der Waals surface area contributed by atoms with Gasteiger partial charge in [0.2, 0.25) is 0 Å². The molecule has 2 aromatic rings. The fraction of sp³-hybridized carbons (Fsp3) is 0.308. The molecule has 19 heavy (non-hydrogen) atoms. The molecule has 0 aliphatic carbocycles. The first kappa shape index (κ1) is 13.2. The van der Waals surface area contributed by atoms with Crippen molar-refractivity contribution < 1.29 is 9.63 Å². The molecule has 6 nitrogen and oxygen atoms in total. The van der Waals surface area contributed by atoms with E-state index >= 15 is 0 Å². The Hall–Kier alpha value is -2.21. The highest BCUT2D eigenvalue weighted by atomic mass is 16.6. The van der Waals surface area contributed by atoms with Crippen LogP contribution in [0.25, 0.3) is 5.69 Å². The summed E-state index contributed by atoms with van der Waals surface area (Å²) < 4.78 is 0. The lowest BCUT2D eigenvalue weighted by atomic mass is 10.2. The Morgan fingerprint density at radius 1 is 1.37 bits per heavy atom. The second-order valence-corrected chi connectivity index (χ2v) is 4.49. The number of benzene rings is 1. The number of nitrogens with zero attached hydrogens (tertiary/aromatic N) is 3. The Morgan fingerprint density at radius 2 is 2.11 bits per heavy atom. The van der Waals surface area contributed by atoms with Crippen LogP contribution in [0, 0.1) is 5.92 Å². The molecule has 6 heteroatoms. The van der Waals surface area contributed by atoms with Crippen LogP contribution < -0.4 is 5.48 Å². The van der Waals surface area contributed by atoms with Crippen LogP contribution in [0.4, 0.5) is 0 Å². The molecule has 1 heterocycles.